The molecule has 0 aliphatic carbocycles. The van der Waals surface area contributed by atoms with Crippen molar-refractivity contribution < 1.29 is 0 Å². The van der Waals surface area contributed by atoms with Crippen LogP contribution in [0.1, 0.15) is 31.3 Å². The van der Waals surface area contributed by atoms with Crippen LogP contribution in [-0.2, 0) is 0 Å². The van der Waals surface area contributed by atoms with E-state index in [2.05, 4.69) is 56.7 Å². The highest BCUT2D eigenvalue weighted by Gasteiger charge is 2.14. The second kappa shape index (κ2) is 5.58. The number of aryl methyl sites for hydroxylation is 1. The average Bonchev–Trinajstić information content (AvgIpc) is 2.82. The Morgan fingerprint density at radius 2 is 2.22 bits per heavy atom. The first-order valence-corrected chi connectivity index (χ1v) is 6.71. The molecule has 1 atom stereocenters. The van der Waals surface area contributed by atoms with Gasteiger partial charge in [-0.3, -0.25) is 0 Å². The summed E-state index contributed by atoms with van der Waals surface area (Å²) in [5.41, 5.74) is 2.13. The molecule has 1 heterocycles. The molecule has 5 nitrogen and oxygen atoms in total. The molecule has 2 aromatic rings. The Hall–Kier alpha value is -1.27. The largest absolute Gasteiger partial charge is 0.308 e. The van der Waals surface area contributed by atoms with Crippen LogP contribution in [0.15, 0.2) is 22.7 Å². The highest BCUT2D eigenvalue weighted by atomic mass is 79.9. The van der Waals surface area contributed by atoms with Crippen molar-refractivity contribution in [2.75, 3.05) is 6.54 Å². The molecule has 0 aliphatic rings. The van der Waals surface area contributed by atoms with Gasteiger partial charge in [-0.15, -0.1) is 5.10 Å². The highest BCUT2D eigenvalue weighted by Crippen LogP contribution is 2.20. The summed E-state index contributed by atoms with van der Waals surface area (Å²) in [6.07, 6.45) is 0. The molecular weight excluding hydrogens is 294 g/mol. The van der Waals surface area contributed by atoms with Crippen LogP contribution in [0.2, 0.25) is 0 Å². The van der Waals surface area contributed by atoms with Gasteiger partial charge in [0, 0.05) is 4.47 Å². The maximum absolute atomic E-state index is 4.09. The molecule has 0 radical (unpaired) electrons. The molecule has 1 unspecified atom stereocenters. The lowest BCUT2D eigenvalue weighted by atomic mass is 10.2. The first-order chi connectivity index (χ1) is 8.63. The number of halogens is 1. The molecule has 0 amide bonds. The third kappa shape index (κ3) is 2.59. The van der Waals surface area contributed by atoms with Crippen LogP contribution in [0, 0.1) is 6.92 Å². The lowest BCUT2D eigenvalue weighted by Crippen LogP contribution is -2.21. The minimum atomic E-state index is 0.119. The molecule has 0 aliphatic heterocycles. The van der Waals surface area contributed by atoms with Crippen molar-refractivity contribution in [1.82, 2.24) is 25.5 Å². The predicted molar refractivity (Wildman–Crippen MR) is 73.7 cm³/mol. The van der Waals surface area contributed by atoms with E-state index in [0.717, 1.165) is 28.1 Å². The number of hydrogen-bond donors (Lipinski definition) is 1. The Labute approximate surface area is 115 Å². The molecule has 0 fully saturated rings. The smallest absolute Gasteiger partial charge is 0.173 e. The van der Waals surface area contributed by atoms with Crippen molar-refractivity contribution >= 4 is 15.9 Å². The van der Waals surface area contributed by atoms with Gasteiger partial charge >= 0.3 is 0 Å². The lowest BCUT2D eigenvalue weighted by molar-refractivity contribution is 0.550. The second-order valence-corrected chi connectivity index (χ2v) is 5.02. The zero-order valence-corrected chi connectivity index (χ0v) is 12.3. The van der Waals surface area contributed by atoms with Crippen LogP contribution in [0.3, 0.4) is 0 Å². The number of hydrogen-bond acceptors (Lipinski definition) is 4. The highest BCUT2D eigenvalue weighted by molar-refractivity contribution is 9.10. The lowest BCUT2D eigenvalue weighted by Gasteiger charge is -2.12. The van der Waals surface area contributed by atoms with Crippen LogP contribution in [-0.4, -0.2) is 26.8 Å². The zero-order valence-electron chi connectivity index (χ0n) is 10.7. The Morgan fingerprint density at radius 3 is 2.89 bits per heavy atom. The number of aromatic nitrogens is 4. The van der Waals surface area contributed by atoms with Gasteiger partial charge in [0.05, 0.1) is 11.7 Å². The summed E-state index contributed by atoms with van der Waals surface area (Å²) >= 11 is 3.49. The number of rotatable bonds is 4. The molecule has 1 aromatic heterocycles. The topological polar surface area (TPSA) is 55.6 Å². The molecule has 1 N–H and O–H groups in total. The van der Waals surface area contributed by atoms with Gasteiger partial charge in [-0.05, 0) is 54.6 Å². The van der Waals surface area contributed by atoms with Crippen molar-refractivity contribution in [3.05, 3.63) is 34.1 Å². The second-order valence-electron chi connectivity index (χ2n) is 4.16. The molecule has 96 valence electrons. The molecule has 0 spiro atoms. The number of nitrogens with zero attached hydrogens (tertiary/aromatic N) is 4. The Balaban J connectivity index is 2.39. The van der Waals surface area contributed by atoms with Crippen LogP contribution in [0.5, 0.6) is 0 Å². The van der Waals surface area contributed by atoms with E-state index in [1.807, 2.05) is 19.1 Å². The van der Waals surface area contributed by atoms with Crippen LogP contribution in [0.4, 0.5) is 0 Å². The van der Waals surface area contributed by atoms with Gasteiger partial charge in [-0.2, -0.15) is 4.68 Å². The molecule has 0 bridgehead atoms. The molecule has 1 aromatic carbocycles. The fraction of sp³-hybridized carbons (Fsp3) is 0.417. The van der Waals surface area contributed by atoms with Gasteiger partial charge < -0.3 is 5.32 Å². The van der Waals surface area contributed by atoms with Gasteiger partial charge in [-0.25, -0.2) is 0 Å². The predicted octanol–water partition coefficient (Wildman–Crippen LogP) is 2.40. The fourth-order valence-corrected chi connectivity index (χ4v) is 2.05. The van der Waals surface area contributed by atoms with Crippen molar-refractivity contribution in [1.29, 1.82) is 0 Å². The summed E-state index contributed by atoms with van der Waals surface area (Å²) in [4.78, 5) is 0. The summed E-state index contributed by atoms with van der Waals surface area (Å²) < 4.78 is 2.85. The summed E-state index contributed by atoms with van der Waals surface area (Å²) in [5, 5.41) is 15.2. The first kappa shape index (κ1) is 13.2. The van der Waals surface area contributed by atoms with Crippen LogP contribution in [0.25, 0.3) is 5.69 Å². The van der Waals surface area contributed by atoms with Gasteiger partial charge in [0.15, 0.2) is 5.82 Å². The summed E-state index contributed by atoms with van der Waals surface area (Å²) in [7, 11) is 0. The van der Waals surface area contributed by atoms with Crippen molar-refractivity contribution in [3.63, 3.8) is 0 Å². The normalized spacial score (nSPS) is 12.7. The van der Waals surface area contributed by atoms with E-state index >= 15 is 0 Å². The van der Waals surface area contributed by atoms with Gasteiger partial charge in [0.25, 0.3) is 0 Å². The Kier molecular flexibility index (Phi) is 4.08. The third-order valence-corrected chi connectivity index (χ3v) is 3.67. The molecule has 0 saturated carbocycles. The van der Waals surface area contributed by atoms with E-state index in [1.165, 1.54) is 0 Å². The number of benzene rings is 1. The maximum Gasteiger partial charge on any atom is 0.173 e. The summed E-state index contributed by atoms with van der Waals surface area (Å²) in [6.45, 7) is 7.05. The van der Waals surface area contributed by atoms with E-state index in [0.29, 0.717) is 0 Å². The van der Waals surface area contributed by atoms with Crippen molar-refractivity contribution in [3.8, 4) is 5.69 Å². The minimum absolute atomic E-state index is 0.119. The number of tetrazole rings is 1. The van der Waals surface area contributed by atoms with Crippen LogP contribution >= 0.6 is 15.9 Å². The quantitative estimate of drug-likeness (QED) is 0.942. The van der Waals surface area contributed by atoms with Crippen molar-refractivity contribution in [2.24, 2.45) is 0 Å². The molecular formula is C12H16BrN5. The SMILES string of the molecule is CCNC(C)c1nnnn1-c1ccc(Br)c(C)c1. The number of nitrogens with one attached hydrogen (secondary N) is 1. The van der Waals surface area contributed by atoms with Gasteiger partial charge in [0.1, 0.15) is 0 Å². The summed E-state index contributed by atoms with van der Waals surface area (Å²) in [6, 6.07) is 6.18. The van der Waals surface area contributed by atoms with Crippen LogP contribution < -0.4 is 5.32 Å². The molecule has 18 heavy (non-hydrogen) atoms. The third-order valence-electron chi connectivity index (χ3n) is 2.78. The van der Waals surface area contributed by atoms with E-state index < -0.39 is 0 Å². The monoisotopic (exact) mass is 309 g/mol. The summed E-state index contributed by atoms with van der Waals surface area (Å²) in [5.74, 6) is 0.818. The standard InChI is InChI=1S/C12H16BrN5/c1-4-14-9(3)12-15-16-17-18(12)10-5-6-11(13)8(2)7-10/h5-7,9,14H,4H2,1-3H3. The average molecular weight is 310 g/mol. The van der Waals surface area contributed by atoms with E-state index in [4.69, 9.17) is 0 Å². The Morgan fingerprint density at radius 1 is 1.44 bits per heavy atom. The van der Waals surface area contributed by atoms with Gasteiger partial charge in [-0.1, -0.05) is 22.9 Å². The fourth-order valence-electron chi connectivity index (χ4n) is 1.81. The zero-order chi connectivity index (χ0) is 13.1. The van der Waals surface area contributed by atoms with Crippen molar-refractivity contribution in [2.45, 2.75) is 26.8 Å². The Bertz CT molecular complexity index is 537. The molecule has 2 rings (SSSR count). The van der Waals surface area contributed by atoms with E-state index in [1.54, 1.807) is 4.68 Å². The maximum atomic E-state index is 4.09. The minimum Gasteiger partial charge on any atom is -0.308 e. The molecule has 0 saturated heterocycles. The van der Waals surface area contributed by atoms with Gasteiger partial charge in [0.2, 0.25) is 0 Å². The van der Waals surface area contributed by atoms with E-state index in [-0.39, 0.29) is 6.04 Å². The first-order valence-electron chi connectivity index (χ1n) is 5.91. The molecule has 6 heteroatoms. The van der Waals surface area contributed by atoms with E-state index in [9.17, 15) is 0 Å².